The van der Waals surface area contributed by atoms with Gasteiger partial charge in [-0.2, -0.15) is 0 Å². The molecule has 0 heterocycles. The molecule has 5 nitrogen and oxygen atoms in total. The zero-order chi connectivity index (χ0) is 8.85. The first-order chi connectivity index (χ1) is 5.06. The Morgan fingerprint density at radius 3 is 2.64 bits per heavy atom. The highest BCUT2D eigenvalue weighted by Crippen LogP contribution is 1.86. The molecule has 0 aliphatic heterocycles. The Balaban J connectivity index is 3.68. The van der Waals surface area contributed by atoms with Gasteiger partial charge in [0.2, 0.25) is 0 Å². The van der Waals surface area contributed by atoms with Crippen molar-refractivity contribution in [3.05, 3.63) is 12.7 Å². The van der Waals surface area contributed by atoms with E-state index in [1.165, 1.54) is 7.05 Å². The Bertz CT molecular complexity index is 177. The number of hydrogen-bond donors (Lipinski definition) is 1. The first-order valence-electron chi connectivity index (χ1n) is 2.83. The Labute approximate surface area is 63.8 Å². The van der Waals surface area contributed by atoms with Crippen molar-refractivity contribution >= 4 is 11.9 Å². The average Bonchev–Trinajstić information content (AvgIpc) is 1.85. The van der Waals surface area contributed by atoms with Crippen molar-refractivity contribution in [3.63, 3.8) is 0 Å². The van der Waals surface area contributed by atoms with Gasteiger partial charge < -0.3 is 9.94 Å². The van der Waals surface area contributed by atoms with Gasteiger partial charge in [0.25, 0.3) is 0 Å². The summed E-state index contributed by atoms with van der Waals surface area (Å²) in [7, 11) is 1.34. The maximum absolute atomic E-state index is 10.4. The van der Waals surface area contributed by atoms with Crippen LogP contribution < -0.4 is 0 Å². The number of likely N-dealkylation sites (N-methyl/N-ethyl adjacent to an activating group) is 1. The topological polar surface area (TPSA) is 66.8 Å². The van der Waals surface area contributed by atoms with E-state index in [2.05, 4.69) is 11.4 Å². The summed E-state index contributed by atoms with van der Waals surface area (Å²) >= 11 is 0. The number of hydroxylamine groups is 2. The van der Waals surface area contributed by atoms with Crippen LogP contribution in [0.2, 0.25) is 0 Å². The SMILES string of the molecule is C=CC(=O)ON(C)CC(=O)O. The number of hydrogen-bond acceptors (Lipinski definition) is 4. The molecule has 0 rings (SSSR count). The monoisotopic (exact) mass is 159 g/mol. The van der Waals surface area contributed by atoms with Crippen LogP contribution in [0.15, 0.2) is 12.7 Å². The fourth-order valence-corrected chi connectivity index (χ4v) is 0.414. The van der Waals surface area contributed by atoms with Gasteiger partial charge in [-0.05, 0) is 0 Å². The summed E-state index contributed by atoms with van der Waals surface area (Å²) < 4.78 is 0. The average molecular weight is 159 g/mol. The highest BCUT2D eigenvalue weighted by molar-refractivity contribution is 5.81. The first kappa shape index (κ1) is 9.64. The van der Waals surface area contributed by atoms with E-state index in [1.807, 2.05) is 0 Å². The van der Waals surface area contributed by atoms with Gasteiger partial charge in [-0.25, -0.2) is 4.79 Å². The third-order valence-electron chi connectivity index (χ3n) is 0.770. The predicted molar refractivity (Wildman–Crippen MR) is 36.6 cm³/mol. The summed E-state index contributed by atoms with van der Waals surface area (Å²) in [5.41, 5.74) is 0. The van der Waals surface area contributed by atoms with Crippen molar-refractivity contribution in [1.29, 1.82) is 0 Å². The predicted octanol–water partition coefficient (Wildman–Crippen LogP) is -0.353. The van der Waals surface area contributed by atoms with Crippen LogP contribution in [0.4, 0.5) is 0 Å². The van der Waals surface area contributed by atoms with Gasteiger partial charge in [0.05, 0.1) is 0 Å². The van der Waals surface area contributed by atoms with Gasteiger partial charge in [-0.15, -0.1) is 5.06 Å². The Hall–Kier alpha value is -1.36. The zero-order valence-corrected chi connectivity index (χ0v) is 6.11. The summed E-state index contributed by atoms with van der Waals surface area (Å²) in [6.07, 6.45) is 0.957. The minimum atomic E-state index is -1.07. The zero-order valence-electron chi connectivity index (χ0n) is 6.11. The quantitative estimate of drug-likeness (QED) is 0.448. The summed E-state index contributed by atoms with van der Waals surface area (Å²) in [4.78, 5) is 24.9. The van der Waals surface area contributed by atoms with Crippen LogP contribution in [0.5, 0.6) is 0 Å². The van der Waals surface area contributed by atoms with E-state index in [1.54, 1.807) is 0 Å². The second kappa shape index (κ2) is 4.45. The van der Waals surface area contributed by atoms with Crippen molar-refractivity contribution < 1.29 is 19.5 Å². The van der Waals surface area contributed by atoms with Crippen molar-refractivity contribution in [1.82, 2.24) is 5.06 Å². The van der Waals surface area contributed by atoms with Crippen LogP contribution in [0.25, 0.3) is 0 Å². The molecular weight excluding hydrogens is 150 g/mol. The van der Waals surface area contributed by atoms with E-state index >= 15 is 0 Å². The van der Waals surface area contributed by atoms with E-state index in [-0.39, 0.29) is 6.54 Å². The standard InChI is InChI=1S/C6H9NO4/c1-3-6(10)11-7(2)4-5(8)9/h3H,1,4H2,2H3,(H,8,9). The second-order valence-electron chi connectivity index (χ2n) is 1.79. The van der Waals surface area contributed by atoms with Crippen LogP contribution >= 0.6 is 0 Å². The van der Waals surface area contributed by atoms with E-state index in [4.69, 9.17) is 5.11 Å². The molecule has 0 saturated heterocycles. The Kier molecular flexibility index (Phi) is 3.90. The van der Waals surface area contributed by atoms with Gasteiger partial charge in [0.1, 0.15) is 6.54 Å². The summed E-state index contributed by atoms with van der Waals surface area (Å²) in [5.74, 6) is -1.74. The summed E-state index contributed by atoms with van der Waals surface area (Å²) in [6.45, 7) is 2.80. The number of rotatable bonds is 4. The number of carboxylic acid groups (broad SMARTS) is 1. The maximum atomic E-state index is 10.4. The molecule has 0 aliphatic carbocycles. The molecule has 62 valence electrons. The van der Waals surface area contributed by atoms with Gasteiger partial charge in [-0.3, -0.25) is 4.79 Å². The highest BCUT2D eigenvalue weighted by Gasteiger charge is 2.06. The molecule has 0 aromatic carbocycles. The fraction of sp³-hybridized carbons (Fsp3) is 0.333. The van der Waals surface area contributed by atoms with Crippen molar-refractivity contribution in [2.24, 2.45) is 0 Å². The molecule has 11 heavy (non-hydrogen) atoms. The van der Waals surface area contributed by atoms with E-state index < -0.39 is 11.9 Å². The molecule has 0 aliphatic rings. The number of carbonyl (C=O) groups excluding carboxylic acids is 1. The molecule has 0 atom stereocenters. The van der Waals surface area contributed by atoms with Gasteiger partial charge in [0, 0.05) is 13.1 Å². The van der Waals surface area contributed by atoms with Crippen LogP contribution in [-0.4, -0.2) is 35.7 Å². The lowest BCUT2D eigenvalue weighted by molar-refractivity contribution is -0.181. The molecule has 0 aromatic rings. The lowest BCUT2D eigenvalue weighted by atomic mass is 10.6. The molecule has 0 fully saturated rings. The van der Waals surface area contributed by atoms with E-state index in [9.17, 15) is 9.59 Å². The van der Waals surface area contributed by atoms with Gasteiger partial charge in [-0.1, -0.05) is 6.58 Å². The van der Waals surface area contributed by atoms with Crippen molar-refractivity contribution in [2.75, 3.05) is 13.6 Å². The summed E-state index contributed by atoms with van der Waals surface area (Å²) in [6, 6.07) is 0. The number of nitrogens with zero attached hydrogens (tertiary/aromatic N) is 1. The number of carbonyl (C=O) groups is 2. The molecule has 0 spiro atoms. The second-order valence-corrected chi connectivity index (χ2v) is 1.79. The summed E-state index contributed by atoms with van der Waals surface area (Å²) in [5, 5.41) is 9.12. The molecule has 0 amide bonds. The minimum Gasteiger partial charge on any atom is -0.480 e. The van der Waals surface area contributed by atoms with E-state index in [0.29, 0.717) is 0 Å². The van der Waals surface area contributed by atoms with Crippen LogP contribution in [-0.2, 0) is 14.4 Å². The van der Waals surface area contributed by atoms with E-state index in [0.717, 1.165) is 11.1 Å². The number of carboxylic acids is 1. The highest BCUT2D eigenvalue weighted by atomic mass is 16.7. The third kappa shape index (κ3) is 5.10. The molecule has 0 unspecified atom stereocenters. The molecule has 0 aromatic heterocycles. The van der Waals surface area contributed by atoms with Gasteiger partial charge in [0.15, 0.2) is 0 Å². The number of aliphatic carboxylic acids is 1. The first-order valence-corrected chi connectivity index (χ1v) is 2.83. The van der Waals surface area contributed by atoms with Crippen LogP contribution in [0.1, 0.15) is 0 Å². The van der Waals surface area contributed by atoms with Crippen molar-refractivity contribution in [2.45, 2.75) is 0 Å². The smallest absolute Gasteiger partial charge is 0.349 e. The molecule has 1 N–H and O–H groups in total. The molecule has 0 saturated carbocycles. The molecular formula is C6H9NO4. The minimum absolute atomic E-state index is 0.348. The molecule has 5 heteroatoms. The third-order valence-corrected chi connectivity index (χ3v) is 0.770. The van der Waals surface area contributed by atoms with Crippen LogP contribution in [0, 0.1) is 0 Å². The lowest BCUT2D eigenvalue weighted by Gasteiger charge is -2.11. The van der Waals surface area contributed by atoms with Gasteiger partial charge >= 0.3 is 11.9 Å². The molecule has 0 bridgehead atoms. The maximum Gasteiger partial charge on any atom is 0.349 e. The van der Waals surface area contributed by atoms with Crippen molar-refractivity contribution in [3.8, 4) is 0 Å². The Morgan fingerprint density at radius 1 is 1.73 bits per heavy atom. The van der Waals surface area contributed by atoms with Crippen LogP contribution in [0.3, 0.4) is 0 Å². The largest absolute Gasteiger partial charge is 0.480 e. The Morgan fingerprint density at radius 2 is 2.27 bits per heavy atom. The molecule has 0 radical (unpaired) electrons. The fourth-order valence-electron chi connectivity index (χ4n) is 0.414. The normalized spacial score (nSPS) is 9.27. The lowest BCUT2D eigenvalue weighted by Crippen LogP contribution is -2.27.